The predicted octanol–water partition coefficient (Wildman–Crippen LogP) is 4.50. The van der Waals surface area contributed by atoms with Gasteiger partial charge >= 0.3 is 0 Å². The summed E-state index contributed by atoms with van der Waals surface area (Å²) in [5, 5.41) is 0. The van der Waals surface area contributed by atoms with Crippen LogP contribution >= 0.6 is 0 Å². The number of nitrogens with zero attached hydrogens (tertiary/aromatic N) is 1. The molecule has 1 N–H and O–H groups in total. The lowest BCUT2D eigenvalue weighted by Gasteiger charge is -2.07. The van der Waals surface area contributed by atoms with E-state index in [0.29, 0.717) is 17.1 Å². The fourth-order valence-electron chi connectivity index (χ4n) is 2.53. The Kier molecular flexibility index (Phi) is 4.80. The number of hydrogen-bond donors (Lipinski definition) is 1. The molecular weight excluding hydrogens is 312 g/mol. The second-order valence-corrected chi connectivity index (χ2v) is 5.97. The van der Waals surface area contributed by atoms with Gasteiger partial charge in [-0.15, -0.1) is 0 Å². The van der Waals surface area contributed by atoms with E-state index in [1.165, 1.54) is 11.8 Å². The summed E-state index contributed by atoms with van der Waals surface area (Å²) in [5.41, 5.74) is 3.90. The molecule has 4 heteroatoms. The predicted molar refractivity (Wildman–Crippen MR) is 98.6 cm³/mol. The molecule has 1 heterocycles. The van der Waals surface area contributed by atoms with Crippen LogP contribution in [0.1, 0.15) is 33.0 Å². The summed E-state index contributed by atoms with van der Waals surface area (Å²) in [5.74, 6) is 1.20. The summed E-state index contributed by atoms with van der Waals surface area (Å²) in [4.78, 5) is 19.9. The number of rotatable bonds is 6. The normalized spacial score (nSPS) is 10.5. The number of nitrogens with one attached hydrogen (secondary N) is 1. The van der Waals surface area contributed by atoms with Crippen molar-refractivity contribution in [2.45, 2.75) is 20.5 Å². The Hall–Kier alpha value is -3.14. The average Bonchev–Trinajstić information content (AvgIpc) is 3.09. The molecule has 0 amide bonds. The van der Waals surface area contributed by atoms with Crippen molar-refractivity contribution in [1.82, 2.24) is 9.97 Å². The smallest absolute Gasteiger partial charge is 0.210 e. The zero-order chi connectivity index (χ0) is 17.8. The Bertz CT molecular complexity index is 908. The molecule has 0 radical (unpaired) electrons. The Labute approximate surface area is 147 Å². The molecule has 0 spiro atoms. The molecule has 0 bridgehead atoms. The lowest BCUT2D eigenvalue weighted by atomic mass is 9.98. The van der Waals surface area contributed by atoms with Gasteiger partial charge in [0.2, 0.25) is 5.78 Å². The lowest BCUT2D eigenvalue weighted by Crippen LogP contribution is -2.04. The van der Waals surface area contributed by atoms with E-state index in [0.717, 1.165) is 16.9 Å². The van der Waals surface area contributed by atoms with Crippen LogP contribution in [0.15, 0.2) is 61.3 Å². The van der Waals surface area contributed by atoms with Gasteiger partial charge in [-0.25, -0.2) is 4.98 Å². The number of Topliss-reactive ketones (excluding diaryl/α,β-unsaturated/α-hetero) is 1. The fourth-order valence-corrected chi connectivity index (χ4v) is 2.53. The molecular formula is C21H20N2O2. The highest BCUT2D eigenvalue weighted by Crippen LogP contribution is 2.21. The maximum absolute atomic E-state index is 12.6. The Morgan fingerprint density at radius 2 is 1.84 bits per heavy atom. The highest BCUT2D eigenvalue weighted by molar-refractivity contribution is 6.27. The molecule has 126 valence electrons. The molecule has 0 aliphatic heterocycles. The first-order valence-electron chi connectivity index (χ1n) is 8.07. The third-order valence-electron chi connectivity index (χ3n) is 4.01. The summed E-state index contributed by atoms with van der Waals surface area (Å²) in [6, 6.07) is 15.5. The van der Waals surface area contributed by atoms with Crippen molar-refractivity contribution in [2.24, 2.45) is 0 Å². The van der Waals surface area contributed by atoms with E-state index in [1.807, 2.05) is 62.4 Å². The Morgan fingerprint density at radius 1 is 1.12 bits per heavy atom. The largest absolute Gasteiger partial charge is 0.486 e. The molecule has 0 saturated heterocycles. The summed E-state index contributed by atoms with van der Waals surface area (Å²) >= 11 is 0. The highest BCUT2D eigenvalue weighted by atomic mass is 16.5. The van der Waals surface area contributed by atoms with Crippen LogP contribution in [0.2, 0.25) is 0 Å². The first-order chi connectivity index (χ1) is 12.0. The van der Waals surface area contributed by atoms with E-state index in [4.69, 9.17) is 4.74 Å². The number of hydrogen-bond acceptors (Lipinski definition) is 3. The molecule has 0 aliphatic rings. The van der Waals surface area contributed by atoms with E-state index < -0.39 is 0 Å². The van der Waals surface area contributed by atoms with Crippen molar-refractivity contribution < 1.29 is 9.53 Å². The number of carbonyl (C=O) groups is 1. The molecule has 3 aromatic rings. The number of aromatic nitrogens is 2. The minimum absolute atomic E-state index is 0.164. The van der Waals surface area contributed by atoms with E-state index in [1.54, 1.807) is 0 Å². The molecule has 1 aromatic heterocycles. The van der Waals surface area contributed by atoms with Crippen LogP contribution < -0.4 is 4.74 Å². The number of allylic oxidation sites excluding steroid dienone is 1. The van der Waals surface area contributed by atoms with Crippen molar-refractivity contribution in [1.29, 1.82) is 0 Å². The van der Waals surface area contributed by atoms with Crippen molar-refractivity contribution in [2.75, 3.05) is 0 Å². The van der Waals surface area contributed by atoms with Gasteiger partial charge < -0.3 is 9.72 Å². The maximum atomic E-state index is 12.6. The number of H-pyrrole nitrogens is 1. The number of aromatic amines is 1. The number of aryl methyl sites for hydroxylation is 2. The van der Waals surface area contributed by atoms with E-state index in [2.05, 4.69) is 16.5 Å². The third kappa shape index (κ3) is 3.86. The number of carbonyl (C=O) groups excluding carboxylic acids is 1. The lowest BCUT2D eigenvalue weighted by molar-refractivity contribution is 0.105. The first kappa shape index (κ1) is 16.7. The molecule has 0 fully saturated rings. The number of ketones is 1. The zero-order valence-electron chi connectivity index (χ0n) is 14.4. The van der Waals surface area contributed by atoms with Crippen molar-refractivity contribution in [3.8, 4) is 5.75 Å². The van der Waals surface area contributed by atoms with Gasteiger partial charge in [0, 0.05) is 5.57 Å². The number of ether oxygens (including phenoxy) is 1. The summed E-state index contributed by atoms with van der Waals surface area (Å²) in [7, 11) is 0. The van der Waals surface area contributed by atoms with Crippen LogP contribution in [0.25, 0.3) is 5.57 Å². The first-order valence-corrected chi connectivity index (χ1v) is 8.07. The summed E-state index contributed by atoms with van der Waals surface area (Å²) < 4.78 is 5.68. The van der Waals surface area contributed by atoms with Crippen molar-refractivity contribution in [3.05, 3.63) is 89.5 Å². The maximum Gasteiger partial charge on any atom is 0.210 e. The second-order valence-electron chi connectivity index (χ2n) is 5.97. The van der Waals surface area contributed by atoms with Crippen LogP contribution in [0.4, 0.5) is 0 Å². The minimum atomic E-state index is -0.164. The van der Waals surface area contributed by atoms with E-state index in [-0.39, 0.29) is 12.4 Å². The second kappa shape index (κ2) is 7.18. The van der Waals surface area contributed by atoms with Gasteiger partial charge in [-0.3, -0.25) is 4.79 Å². The topological polar surface area (TPSA) is 55.0 Å². The quantitative estimate of drug-likeness (QED) is 0.534. The molecule has 0 aliphatic carbocycles. The molecule has 4 nitrogen and oxygen atoms in total. The Balaban J connectivity index is 1.68. The molecule has 2 aromatic carbocycles. The monoisotopic (exact) mass is 332 g/mol. The van der Waals surface area contributed by atoms with Crippen LogP contribution in [-0.4, -0.2) is 15.8 Å². The van der Waals surface area contributed by atoms with Crippen LogP contribution in [-0.2, 0) is 6.61 Å². The fraction of sp³-hybridized carbons (Fsp3) is 0.143. The van der Waals surface area contributed by atoms with Crippen LogP contribution in [0.5, 0.6) is 5.75 Å². The van der Waals surface area contributed by atoms with Gasteiger partial charge in [-0.2, -0.15) is 0 Å². The van der Waals surface area contributed by atoms with Gasteiger partial charge in [-0.1, -0.05) is 48.5 Å². The zero-order valence-corrected chi connectivity index (χ0v) is 14.4. The molecule has 0 saturated carbocycles. The molecule has 0 atom stereocenters. The molecule has 3 rings (SSSR count). The average molecular weight is 332 g/mol. The highest BCUT2D eigenvalue weighted by Gasteiger charge is 2.16. The van der Waals surface area contributed by atoms with E-state index >= 15 is 0 Å². The molecule has 0 unspecified atom stereocenters. The number of benzene rings is 2. The number of imidazole rings is 1. The van der Waals surface area contributed by atoms with Crippen LogP contribution in [0.3, 0.4) is 0 Å². The van der Waals surface area contributed by atoms with Crippen LogP contribution in [0, 0.1) is 13.8 Å². The summed E-state index contributed by atoms with van der Waals surface area (Å²) in [6.45, 7) is 8.20. The van der Waals surface area contributed by atoms with Gasteiger partial charge in [0.1, 0.15) is 23.9 Å². The van der Waals surface area contributed by atoms with Gasteiger partial charge in [-0.05, 0) is 37.1 Å². The van der Waals surface area contributed by atoms with E-state index in [9.17, 15) is 4.79 Å². The van der Waals surface area contributed by atoms with Crippen molar-refractivity contribution in [3.63, 3.8) is 0 Å². The van der Waals surface area contributed by atoms with Gasteiger partial charge in [0.15, 0.2) is 0 Å². The summed E-state index contributed by atoms with van der Waals surface area (Å²) in [6.07, 6.45) is 1.53. The molecule has 25 heavy (non-hydrogen) atoms. The minimum Gasteiger partial charge on any atom is -0.486 e. The van der Waals surface area contributed by atoms with Crippen molar-refractivity contribution >= 4 is 11.4 Å². The van der Waals surface area contributed by atoms with Gasteiger partial charge in [0.25, 0.3) is 0 Å². The van der Waals surface area contributed by atoms with Gasteiger partial charge in [0.05, 0.1) is 6.20 Å². The third-order valence-corrected chi connectivity index (χ3v) is 4.01. The Morgan fingerprint density at radius 3 is 2.56 bits per heavy atom. The SMILES string of the molecule is C=C(C(=O)c1cnc(COc2ccc(C)cc2)[nH]1)c1ccccc1C. The standard InChI is InChI=1S/C21H20N2O2/c1-14-8-10-17(11-9-14)25-13-20-22-12-19(23-20)21(24)16(3)18-7-5-4-6-15(18)2/h4-12H,3,13H2,1-2H3,(H,22,23).